The summed E-state index contributed by atoms with van der Waals surface area (Å²) in [6, 6.07) is 0. The SMILES string of the molecule is CC(=O)NC1(C(=O)O)CCN(C)CC1. The van der Waals surface area contributed by atoms with Gasteiger partial charge in [-0.05, 0) is 19.9 Å². The second-order valence-corrected chi connectivity index (χ2v) is 3.87. The summed E-state index contributed by atoms with van der Waals surface area (Å²) >= 11 is 0. The van der Waals surface area contributed by atoms with Gasteiger partial charge in [-0.15, -0.1) is 0 Å². The van der Waals surface area contributed by atoms with Crippen LogP contribution in [0.25, 0.3) is 0 Å². The molecule has 0 saturated carbocycles. The van der Waals surface area contributed by atoms with E-state index in [1.165, 1.54) is 6.92 Å². The monoisotopic (exact) mass is 200 g/mol. The van der Waals surface area contributed by atoms with E-state index in [4.69, 9.17) is 5.11 Å². The van der Waals surface area contributed by atoms with Gasteiger partial charge in [-0.3, -0.25) is 4.79 Å². The van der Waals surface area contributed by atoms with Crippen LogP contribution in [0.2, 0.25) is 0 Å². The van der Waals surface area contributed by atoms with Crippen LogP contribution in [0.3, 0.4) is 0 Å². The Morgan fingerprint density at radius 3 is 2.21 bits per heavy atom. The molecular formula is C9H16N2O3. The minimum atomic E-state index is -1.04. The van der Waals surface area contributed by atoms with Gasteiger partial charge in [-0.2, -0.15) is 0 Å². The number of hydrogen-bond acceptors (Lipinski definition) is 3. The fraction of sp³-hybridized carbons (Fsp3) is 0.778. The molecule has 0 radical (unpaired) electrons. The van der Waals surface area contributed by atoms with Crippen molar-refractivity contribution in [2.45, 2.75) is 25.3 Å². The molecule has 1 rings (SSSR count). The number of carboxylic acid groups (broad SMARTS) is 1. The predicted octanol–water partition coefficient (Wildman–Crippen LogP) is -0.328. The summed E-state index contributed by atoms with van der Waals surface area (Å²) in [5, 5.41) is 11.6. The Labute approximate surface area is 83.1 Å². The third-order valence-corrected chi connectivity index (χ3v) is 2.67. The number of carbonyl (C=O) groups is 2. The first-order valence-electron chi connectivity index (χ1n) is 4.67. The summed E-state index contributed by atoms with van der Waals surface area (Å²) in [6.07, 6.45) is 0.941. The molecule has 1 amide bonds. The fourth-order valence-corrected chi connectivity index (χ4v) is 1.73. The maximum Gasteiger partial charge on any atom is 0.329 e. The average Bonchev–Trinajstić information content (AvgIpc) is 2.08. The molecule has 0 unspecified atom stereocenters. The van der Waals surface area contributed by atoms with E-state index in [2.05, 4.69) is 10.2 Å². The van der Waals surface area contributed by atoms with Crippen molar-refractivity contribution in [3.8, 4) is 0 Å². The molecule has 5 heteroatoms. The summed E-state index contributed by atoms with van der Waals surface area (Å²) in [4.78, 5) is 24.1. The molecule has 2 N–H and O–H groups in total. The normalized spacial score (nSPS) is 21.6. The van der Waals surface area contributed by atoms with Crippen molar-refractivity contribution >= 4 is 11.9 Å². The number of likely N-dealkylation sites (tertiary alicyclic amines) is 1. The van der Waals surface area contributed by atoms with Gasteiger partial charge in [-0.1, -0.05) is 0 Å². The number of nitrogens with one attached hydrogen (secondary N) is 1. The van der Waals surface area contributed by atoms with Crippen molar-refractivity contribution in [2.24, 2.45) is 0 Å². The lowest BCUT2D eigenvalue weighted by Gasteiger charge is -2.37. The van der Waals surface area contributed by atoms with Gasteiger partial charge in [0.1, 0.15) is 5.54 Å². The standard InChI is InChI=1S/C9H16N2O3/c1-7(12)10-9(8(13)14)3-5-11(2)6-4-9/h3-6H2,1-2H3,(H,10,12)(H,13,14). The predicted molar refractivity (Wildman–Crippen MR) is 50.9 cm³/mol. The van der Waals surface area contributed by atoms with Crippen LogP contribution in [0.5, 0.6) is 0 Å². The molecule has 0 aromatic rings. The summed E-state index contributed by atoms with van der Waals surface area (Å²) in [7, 11) is 1.94. The summed E-state index contributed by atoms with van der Waals surface area (Å²) < 4.78 is 0. The first kappa shape index (κ1) is 11.0. The first-order chi connectivity index (χ1) is 6.46. The van der Waals surface area contributed by atoms with Crippen molar-refractivity contribution < 1.29 is 14.7 Å². The lowest BCUT2D eigenvalue weighted by atomic mass is 9.87. The van der Waals surface area contributed by atoms with Crippen LogP contribution in [0.4, 0.5) is 0 Å². The highest BCUT2D eigenvalue weighted by atomic mass is 16.4. The zero-order valence-corrected chi connectivity index (χ0v) is 8.54. The highest BCUT2D eigenvalue weighted by Crippen LogP contribution is 2.21. The third kappa shape index (κ3) is 2.23. The van der Waals surface area contributed by atoms with Gasteiger partial charge in [0, 0.05) is 20.0 Å². The number of aliphatic carboxylic acids is 1. The van der Waals surface area contributed by atoms with Gasteiger partial charge in [0.15, 0.2) is 0 Å². The van der Waals surface area contributed by atoms with Crippen molar-refractivity contribution in [1.29, 1.82) is 0 Å². The van der Waals surface area contributed by atoms with Gasteiger partial charge in [0.2, 0.25) is 5.91 Å². The third-order valence-electron chi connectivity index (χ3n) is 2.67. The molecule has 0 atom stereocenters. The van der Waals surface area contributed by atoms with Crippen LogP contribution >= 0.6 is 0 Å². The zero-order valence-electron chi connectivity index (χ0n) is 8.54. The Morgan fingerprint density at radius 1 is 1.36 bits per heavy atom. The van der Waals surface area contributed by atoms with E-state index in [9.17, 15) is 9.59 Å². The molecule has 5 nitrogen and oxygen atoms in total. The zero-order chi connectivity index (χ0) is 10.8. The topological polar surface area (TPSA) is 69.6 Å². The number of amides is 1. The molecule has 0 aliphatic carbocycles. The largest absolute Gasteiger partial charge is 0.480 e. The van der Waals surface area contributed by atoms with Crippen molar-refractivity contribution in [2.75, 3.05) is 20.1 Å². The lowest BCUT2D eigenvalue weighted by Crippen LogP contribution is -2.59. The molecular weight excluding hydrogens is 184 g/mol. The molecule has 1 aliphatic heterocycles. The Hall–Kier alpha value is -1.10. The lowest BCUT2D eigenvalue weighted by molar-refractivity contribution is -0.149. The number of hydrogen-bond donors (Lipinski definition) is 2. The Morgan fingerprint density at radius 2 is 1.86 bits per heavy atom. The summed E-state index contributed by atoms with van der Waals surface area (Å²) in [5.41, 5.74) is -1.04. The van der Waals surface area contributed by atoms with E-state index in [1.807, 2.05) is 7.05 Å². The van der Waals surface area contributed by atoms with Crippen LogP contribution in [0.15, 0.2) is 0 Å². The minimum Gasteiger partial charge on any atom is -0.480 e. The molecule has 1 fully saturated rings. The number of nitrogens with zero attached hydrogens (tertiary/aromatic N) is 1. The Bertz CT molecular complexity index is 244. The van der Waals surface area contributed by atoms with E-state index in [1.54, 1.807) is 0 Å². The molecule has 80 valence electrons. The van der Waals surface area contributed by atoms with Gasteiger partial charge < -0.3 is 15.3 Å². The van der Waals surface area contributed by atoms with E-state index >= 15 is 0 Å². The van der Waals surface area contributed by atoms with E-state index in [0.717, 1.165) is 0 Å². The van der Waals surface area contributed by atoms with Crippen LogP contribution in [0.1, 0.15) is 19.8 Å². The van der Waals surface area contributed by atoms with Crippen LogP contribution in [-0.2, 0) is 9.59 Å². The van der Waals surface area contributed by atoms with Crippen molar-refractivity contribution in [1.82, 2.24) is 10.2 Å². The molecule has 14 heavy (non-hydrogen) atoms. The second-order valence-electron chi connectivity index (χ2n) is 3.87. The van der Waals surface area contributed by atoms with Crippen LogP contribution in [-0.4, -0.2) is 47.6 Å². The van der Waals surface area contributed by atoms with Crippen LogP contribution < -0.4 is 5.32 Å². The molecule has 1 heterocycles. The van der Waals surface area contributed by atoms with Crippen LogP contribution in [0, 0.1) is 0 Å². The van der Waals surface area contributed by atoms with Crippen molar-refractivity contribution in [3.05, 3.63) is 0 Å². The number of carbonyl (C=O) groups excluding carboxylic acids is 1. The molecule has 0 bridgehead atoms. The van der Waals surface area contributed by atoms with E-state index < -0.39 is 11.5 Å². The highest BCUT2D eigenvalue weighted by Gasteiger charge is 2.41. The smallest absolute Gasteiger partial charge is 0.329 e. The highest BCUT2D eigenvalue weighted by molar-refractivity contribution is 5.86. The summed E-state index contributed by atoms with van der Waals surface area (Å²) in [6.45, 7) is 2.75. The second kappa shape index (κ2) is 3.96. The molecule has 1 saturated heterocycles. The molecule has 1 aliphatic rings. The molecule has 0 spiro atoms. The van der Waals surface area contributed by atoms with Gasteiger partial charge >= 0.3 is 5.97 Å². The quantitative estimate of drug-likeness (QED) is 0.640. The van der Waals surface area contributed by atoms with E-state index in [-0.39, 0.29) is 5.91 Å². The number of piperidine rings is 1. The Balaban J connectivity index is 2.73. The number of carboxylic acids is 1. The molecule has 0 aromatic carbocycles. The van der Waals surface area contributed by atoms with Gasteiger partial charge in [0.25, 0.3) is 0 Å². The minimum absolute atomic E-state index is 0.281. The number of rotatable bonds is 2. The average molecular weight is 200 g/mol. The maximum atomic E-state index is 11.1. The van der Waals surface area contributed by atoms with Gasteiger partial charge in [0.05, 0.1) is 0 Å². The summed E-state index contributed by atoms with van der Waals surface area (Å²) in [5.74, 6) is -1.21. The fourth-order valence-electron chi connectivity index (χ4n) is 1.73. The Kier molecular flexibility index (Phi) is 3.10. The first-order valence-corrected chi connectivity index (χ1v) is 4.67. The van der Waals surface area contributed by atoms with Crippen molar-refractivity contribution in [3.63, 3.8) is 0 Å². The van der Waals surface area contributed by atoms with Gasteiger partial charge in [-0.25, -0.2) is 4.79 Å². The van der Waals surface area contributed by atoms with E-state index in [0.29, 0.717) is 25.9 Å². The maximum absolute atomic E-state index is 11.1. The molecule has 0 aromatic heterocycles.